The molecule has 0 bridgehead atoms. The molecule has 0 saturated carbocycles. The van der Waals surface area contributed by atoms with Crippen molar-refractivity contribution in [1.29, 1.82) is 5.26 Å². The molecule has 2 aromatic rings. The lowest BCUT2D eigenvalue weighted by Crippen LogP contribution is -2.46. The minimum atomic E-state index is -0.475. The van der Waals surface area contributed by atoms with E-state index in [-0.39, 0.29) is 6.54 Å². The van der Waals surface area contributed by atoms with Gasteiger partial charge >= 0.3 is 6.09 Å². The molecular weight excluding hydrogens is 308 g/mol. The average Bonchev–Trinajstić information content (AvgIpc) is 2.95. The number of fused-ring (bicyclic) bond motifs is 2. The van der Waals surface area contributed by atoms with Gasteiger partial charge in [-0.15, -0.1) is 0 Å². The summed E-state index contributed by atoms with van der Waals surface area (Å²) in [6, 6.07) is 11.3. The number of nitrogens with zero attached hydrogens (tertiary/aromatic N) is 3. The molecule has 2 atom stereocenters. The number of nitrogens with two attached hydrogens (primary N) is 1. The molecule has 0 radical (unpaired) electrons. The number of pyridine rings is 1. The first-order valence-electron chi connectivity index (χ1n) is 7.53. The summed E-state index contributed by atoms with van der Waals surface area (Å²) >= 11 is 0. The van der Waals surface area contributed by atoms with Crippen LogP contribution >= 0.6 is 0 Å². The molecule has 2 N–H and O–H groups in total. The number of aromatic nitrogens is 1. The molecule has 1 fully saturated rings. The number of nitriles is 1. The Kier molecular flexibility index (Phi) is 3.32. The molecule has 0 unspecified atom stereocenters. The second-order valence-corrected chi connectivity index (χ2v) is 5.66. The van der Waals surface area contributed by atoms with Crippen LogP contribution < -0.4 is 10.5 Å². The zero-order chi connectivity index (χ0) is 16.7. The summed E-state index contributed by atoms with van der Waals surface area (Å²) in [7, 11) is 0. The molecule has 120 valence electrons. The molecule has 3 heterocycles. The van der Waals surface area contributed by atoms with Crippen LogP contribution in [0.1, 0.15) is 11.3 Å². The maximum absolute atomic E-state index is 11.9. The third kappa shape index (κ3) is 2.25. The van der Waals surface area contributed by atoms with Crippen molar-refractivity contribution < 1.29 is 14.3 Å². The summed E-state index contributed by atoms with van der Waals surface area (Å²) in [6.07, 6.45) is 0.318. The van der Waals surface area contributed by atoms with Crippen molar-refractivity contribution in [3.05, 3.63) is 47.8 Å². The van der Waals surface area contributed by atoms with Gasteiger partial charge in [-0.1, -0.05) is 6.07 Å². The highest BCUT2D eigenvalue weighted by atomic mass is 16.6. The Labute approximate surface area is 138 Å². The molecule has 24 heavy (non-hydrogen) atoms. The minimum absolute atomic E-state index is 0.219. The molecule has 1 aromatic carbocycles. The molecule has 1 aromatic heterocycles. The third-order valence-electron chi connectivity index (χ3n) is 4.20. The SMILES string of the molecule is N#Cc1ccc(-c2ccc3c(c2)CN2C(=O)O[C@@H](CN)[C@@H]2O3)cn1. The fourth-order valence-corrected chi connectivity index (χ4v) is 2.96. The van der Waals surface area contributed by atoms with Crippen molar-refractivity contribution in [2.75, 3.05) is 6.54 Å². The van der Waals surface area contributed by atoms with Crippen LogP contribution in [0, 0.1) is 11.3 Å². The lowest BCUT2D eigenvalue weighted by Gasteiger charge is -2.31. The van der Waals surface area contributed by atoms with Crippen molar-refractivity contribution in [2.24, 2.45) is 5.73 Å². The second-order valence-electron chi connectivity index (χ2n) is 5.66. The molecule has 4 rings (SSSR count). The van der Waals surface area contributed by atoms with Crippen molar-refractivity contribution in [3.8, 4) is 22.9 Å². The van der Waals surface area contributed by atoms with Crippen molar-refractivity contribution in [2.45, 2.75) is 18.9 Å². The lowest BCUT2D eigenvalue weighted by atomic mass is 10.0. The van der Waals surface area contributed by atoms with Gasteiger partial charge < -0.3 is 15.2 Å². The number of rotatable bonds is 2. The van der Waals surface area contributed by atoms with E-state index in [1.165, 1.54) is 0 Å². The number of ether oxygens (including phenoxy) is 2. The molecule has 7 nitrogen and oxygen atoms in total. The molecule has 2 aliphatic rings. The van der Waals surface area contributed by atoms with Crippen molar-refractivity contribution >= 4 is 6.09 Å². The van der Waals surface area contributed by atoms with E-state index in [9.17, 15) is 4.79 Å². The van der Waals surface area contributed by atoms with Gasteiger partial charge in [-0.05, 0) is 29.8 Å². The summed E-state index contributed by atoms with van der Waals surface area (Å²) in [5, 5.41) is 8.82. The summed E-state index contributed by atoms with van der Waals surface area (Å²) in [4.78, 5) is 17.6. The van der Waals surface area contributed by atoms with Crippen LogP contribution in [0.5, 0.6) is 5.75 Å². The van der Waals surface area contributed by atoms with E-state index in [0.717, 1.165) is 22.4 Å². The van der Waals surface area contributed by atoms with Gasteiger partial charge in [0.15, 0.2) is 6.10 Å². The van der Waals surface area contributed by atoms with E-state index >= 15 is 0 Å². The summed E-state index contributed by atoms with van der Waals surface area (Å²) in [5.41, 5.74) is 8.73. The fourth-order valence-electron chi connectivity index (χ4n) is 2.96. The summed E-state index contributed by atoms with van der Waals surface area (Å²) < 4.78 is 11.1. The highest BCUT2D eigenvalue weighted by Crippen LogP contribution is 2.35. The molecular formula is C17H14N4O3. The molecule has 1 amide bonds. The first-order chi connectivity index (χ1) is 11.7. The van der Waals surface area contributed by atoms with Gasteiger partial charge in [-0.25, -0.2) is 9.78 Å². The second kappa shape index (κ2) is 5.51. The largest absolute Gasteiger partial charge is 0.466 e. The van der Waals surface area contributed by atoms with Crippen LogP contribution in [0.25, 0.3) is 11.1 Å². The number of benzene rings is 1. The number of cyclic esters (lactones) is 1. The minimum Gasteiger partial charge on any atom is -0.466 e. The molecule has 0 spiro atoms. The van der Waals surface area contributed by atoms with Crippen LogP contribution in [-0.4, -0.2) is 34.9 Å². The number of hydrogen-bond acceptors (Lipinski definition) is 6. The number of carbonyl (C=O) groups is 1. The van der Waals surface area contributed by atoms with E-state index in [1.54, 1.807) is 17.2 Å². The fraction of sp³-hybridized carbons (Fsp3) is 0.235. The Balaban J connectivity index is 1.66. The van der Waals surface area contributed by atoms with Gasteiger partial charge in [-0.3, -0.25) is 4.90 Å². The van der Waals surface area contributed by atoms with Gasteiger partial charge in [0.1, 0.15) is 17.5 Å². The molecule has 7 heteroatoms. The first kappa shape index (κ1) is 14.5. The van der Waals surface area contributed by atoms with Crippen LogP contribution in [0.3, 0.4) is 0 Å². The van der Waals surface area contributed by atoms with Crippen molar-refractivity contribution in [3.63, 3.8) is 0 Å². The van der Waals surface area contributed by atoms with E-state index < -0.39 is 18.4 Å². The first-order valence-corrected chi connectivity index (χ1v) is 7.53. The van der Waals surface area contributed by atoms with Crippen LogP contribution in [0.4, 0.5) is 4.79 Å². The molecule has 0 aliphatic carbocycles. The van der Waals surface area contributed by atoms with Gasteiger partial charge in [0.25, 0.3) is 0 Å². The van der Waals surface area contributed by atoms with Crippen LogP contribution in [0.15, 0.2) is 36.5 Å². The number of hydrogen-bond donors (Lipinski definition) is 1. The topological polar surface area (TPSA) is 101 Å². The third-order valence-corrected chi connectivity index (χ3v) is 4.20. The zero-order valence-corrected chi connectivity index (χ0v) is 12.7. The Hall–Kier alpha value is -3.11. The normalized spacial score (nSPS) is 21.3. The van der Waals surface area contributed by atoms with Crippen LogP contribution in [0.2, 0.25) is 0 Å². The monoisotopic (exact) mass is 322 g/mol. The zero-order valence-electron chi connectivity index (χ0n) is 12.7. The van der Waals surface area contributed by atoms with Gasteiger partial charge in [0.2, 0.25) is 6.23 Å². The highest BCUT2D eigenvalue weighted by Gasteiger charge is 2.45. The van der Waals surface area contributed by atoms with E-state index in [1.807, 2.05) is 30.3 Å². The Bertz CT molecular complexity index is 844. The predicted molar refractivity (Wildman–Crippen MR) is 83.7 cm³/mol. The maximum Gasteiger partial charge on any atom is 0.413 e. The summed E-state index contributed by atoms with van der Waals surface area (Å²) in [5.74, 6) is 0.721. The van der Waals surface area contributed by atoms with Gasteiger partial charge in [0, 0.05) is 23.9 Å². The number of carbonyl (C=O) groups excluding carboxylic acids is 1. The van der Waals surface area contributed by atoms with Gasteiger partial charge in [-0.2, -0.15) is 5.26 Å². The molecule has 2 aliphatic heterocycles. The van der Waals surface area contributed by atoms with Crippen LogP contribution in [-0.2, 0) is 11.3 Å². The van der Waals surface area contributed by atoms with E-state index in [0.29, 0.717) is 12.2 Å². The predicted octanol–water partition coefficient (Wildman–Crippen LogP) is 1.62. The smallest absolute Gasteiger partial charge is 0.413 e. The standard InChI is InChI=1S/C17H14N4O3/c18-6-13-3-1-11(8-20-13)10-2-4-14-12(5-10)9-21-16(23-14)15(7-19)24-17(21)22/h1-5,8,15-16H,7,9,19H2/t15-,16-/m0/s1. The summed E-state index contributed by atoms with van der Waals surface area (Å²) in [6.45, 7) is 0.629. The maximum atomic E-state index is 11.9. The highest BCUT2D eigenvalue weighted by molar-refractivity contribution is 5.72. The average molecular weight is 322 g/mol. The van der Waals surface area contributed by atoms with E-state index in [2.05, 4.69) is 4.98 Å². The van der Waals surface area contributed by atoms with Gasteiger partial charge in [0.05, 0.1) is 6.54 Å². The Morgan fingerprint density at radius 2 is 2.12 bits per heavy atom. The molecule has 1 saturated heterocycles. The quantitative estimate of drug-likeness (QED) is 0.901. The van der Waals surface area contributed by atoms with Crippen molar-refractivity contribution in [1.82, 2.24) is 9.88 Å². The Morgan fingerprint density at radius 1 is 1.29 bits per heavy atom. The van der Waals surface area contributed by atoms with E-state index in [4.69, 9.17) is 20.5 Å². The number of amides is 1. The Morgan fingerprint density at radius 3 is 2.83 bits per heavy atom. The lowest BCUT2D eigenvalue weighted by molar-refractivity contribution is 0.0221.